The minimum atomic E-state index is 0.0132. The van der Waals surface area contributed by atoms with Crippen molar-refractivity contribution in [1.29, 1.82) is 0 Å². The van der Waals surface area contributed by atoms with Crippen molar-refractivity contribution in [2.45, 2.75) is 25.8 Å². The fraction of sp³-hybridized carbons (Fsp3) is 0.500. The smallest absolute Gasteiger partial charge is 0.251 e. The SMILES string of the molecule is CCN1CCC[C@H]1CNC(=O)c1cccc(Br)c1. The van der Waals surface area contributed by atoms with Crippen molar-refractivity contribution >= 4 is 21.8 Å². The first-order valence-corrected chi connectivity index (χ1v) is 7.28. The zero-order chi connectivity index (χ0) is 13.0. The van der Waals surface area contributed by atoms with Crippen LogP contribution in [0.2, 0.25) is 0 Å². The van der Waals surface area contributed by atoms with Gasteiger partial charge in [-0.15, -0.1) is 0 Å². The van der Waals surface area contributed by atoms with Gasteiger partial charge in [0.1, 0.15) is 0 Å². The molecule has 0 unspecified atom stereocenters. The number of amides is 1. The molecule has 0 radical (unpaired) electrons. The lowest BCUT2D eigenvalue weighted by molar-refractivity contribution is 0.0941. The van der Waals surface area contributed by atoms with Gasteiger partial charge < -0.3 is 5.32 Å². The summed E-state index contributed by atoms with van der Waals surface area (Å²) in [5.74, 6) is 0.0132. The molecule has 0 saturated carbocycles. The van der Waals surface area contributed by atoms with Crippen molar-refractivity contribution in [2.24, 2.45) is 0 Å². The quantitative estimate of drug-likeness (QED) is 0.927. The van der Waals surface area contributed by atoms with Gasteiger partial charge in [-0.25, -0.2) is 0 Å². The molecular weight excluding hydrogens is 292 g/mol. The van der Waals surface area contributed by atoms with Crippen molar-refractivity contribution in [3.63, 3.8) is 0 Å². The lowest BCUT2D eigenvalue weighted by Crippen LogP contribution is -2.40. The Labute approximate surface area is 117 Å². The molecular formula is C14H19BrN2O. The molecule has 1 amide bonds. The van der Waals surface area contributed by atoms with E-state index in [1.54, 1.807) is 0 Å². The number of hydrogen-bond donors (Lipinski definition) is 1. The largest absolute Gasteiger partial charge is 0.350 e. The summed E-state index contributed by atoms with van der Waals surface area (Å²) in [5, 5.41) is 3.03. The molecule has 2 rings (SSSR count). The number of likely N-dealkylation sites (N-methyl/N-ethyl adjacent to an activating group) is 1. The molecule has 1 aromatic rings. The van der Waals surface area contributed by atoms with E-state index in [9.17, 15) is 4.79 Å². The van der Waals surface area contributed by atoms with Gasteiger partial charge in [0, 0.05) is 22.6 Å². The Morgan fingerprint density at radius 1 is 1.56 bits per heavy atom. The fourth-order valence-corrected chi connectivity index (χ4v) is 2.88. The highest BCUT2D eigenvalue weighted by Gasteiger charge is 2.23. The third-order valence-electron chi connectivity index (χ3n) is 3.49. The summed E-state index contributed by atoms with van der Waals surface area (Å²) in [6, 6.07) is 8.00. The zero-order valence-corrected chi connectivity index (χ0v) is 12.2. The second kappa shape index (κ2) is 6.34. The van der Waals surface area contributed by atoms with Crippen LogP contribution in [0.1, 0.15) is 30.1 Å². The molecule has 4 heteroatoms. The number of nitrogens with zero attached hydrogens (tertiary/aromatic N) is 1. The molecule has 1 N–H and O–H groups in total. The normalized spacial score (nSPS) is 20.0. The molecule has 1 heterocycles. The fourth-order valence-electron chi connectivity index (χ4n) is 2.48. The zero-order valence-electron chi connectivity index (χ0n) is 10.7. The maximum absolute atomic E-state index is 12.0. The molecule has 0 bridgehead atoms. The molecule has 1 aliphatic heterocycles. The average Bonchev–Trinajstić information content (AvgIpc) is 2.83. The highest BCUT2D eigenvalue weighted by atomic mass is 79.9. The maximum Gasteiger partial charge on any atom is 0.251 e. The third kappa shape index (κ3) is 3.33. The van der Waals surface area contributed by atoms with Crippen molar-refractivity contribution < 1.29 is 4.79 Å². The van der Waals surface area contributed by atoms with Crippen LogP contribution < -0.4 is 5.32 Å². The Kier molecular flexibility index (Phi) is 4.78. The minimum Gasteiger partial charge on any atom is -0.350 e. The van der Waals surface area contributed by atoms with Crippen LogP contribution in [0.15, 0.2) is 28.7 Å². The average molecular weight is 311 g/mol. The topological polar surface area (TPSA) is 32.3 Å². The molecule has 0 aliphatic carbocycles. The highest BCUT2D eigenvalue weighted by molar-refractivity contribution is 9.10. The summed E-state index contributed by atoms with van der Waals surface area (Å²) >= 11 is 3.38. The lowest BCUT2D eigenvalue weighted by Gasteiger charge is -2.22. The number of benzene rings is 1. The molecule has 1 atom stereocenters. The third-order valence-corrected chi connectivity index (χ3v) is 3.98. The van der Waals surface area contributed by atoms with E-state index in [1.807, 2.05) is 24.3 Å². The van der Waals surface area contributed by atoms with E-state index in [-0.39, 0.29) is 5.91 Å². The molecule has 98 valence electrons. The number of carbonyl (C=O) groups is 1. The number of halogens is 1. The first-order chi connectivity index (χ1) is 8.70. The predicted molar refractivity (Wildman–Crippen MR) is 76.7 cm³/mol. The Morgan fingerprint density at radius 3 is 3.11 bits per heavy atom. The van der Waals surface area contributed by atoms with E-state index in [0.29, 0.717) is 11.6 Å². The molecule has 1 saturated heterocycles. The van der Waals surface area contributed by atoms with Crippen LogP contribution in [-0.4, -0.2) is 36.5 Å². The van der Waals surface area contributed by atoms with Gasteiger partial charge in [-0.3, -0.25) is 9.69 Å². The molecule has 0 spiro atoms. The van der Waals surface area contributed by atoms with Gasteiger partial charge in [0.15, 0.2) is 0 Å². The number of carbonyl (C=O) groups excluding carboxylic acids is 1. The second-order valence-electron chi connectivity index (χ2n) is 4.65. The van der Waals surface area contributed by atoms with E-state index in [0.717, 1.165) is 24.1 Å². The van der Waals surface area contributed by atoms with Gasteiger partial charge in [-0.2, -0.15) is 0 Å². The predicted octanol–water partition coefficient (Wildman–Crippen LogP) is 2.66. The maximum atomic E-state index is 12.0. The van der Waals surface area contributed by atoms with Gasteiger partial charge in [-0.05, 0) is 44.1 Å². The summed E-state index contributed by atoms with van der Waals surface area (Å²) < 4.78 is 0.936. The van der Waals surface area contributed by atoms with Crippen LogP contribution in [0, 0.1) is 0 Å². The monoisotopic (exact) mass is 310 g/mol. The summed E-state index contributed by atoms with van der Waals surface area (Å²) in [4.78, 5) is 14.4. The number of likely N-dealkylation sites (tertiary alicyclic amines) is 1. The van der Waals surface area contributed by atoms with E-state index in [1.165, 1.54) is 12.8 Å². The molecule has 3 nitrogen and oxygen atoms in total. The van der Waals surface area contributed by atoms with Crippen molar-refractivity contribution in [3.8, 4) is 0 Å². The first-order valence-electron chi connectivity index (χ1n) is 6.48. The Bertz CT molecular complexity index is 422. The van der Waals surface area contributed by atoms with Crippen LogP contribution >= 0.6 is 15.9 Å². The molecule has 0 aromatic heterocycles. The number of nitrogens with one attached hydrogen (secondary N) is 1. The van der Waals surface area contributed by atoms with Crippen LogP contribution in [-0.2, 0) is 0 Å². The first kappa shape index (κ1) is 13.6. The number of hydrogen-bond acceptors (Lipinski definition) is 2. The summed E-state index contributed by atoms with van der Waals surface area (Å²) in [6.07, 6.45) is 2.43. The van der Waals surface area contributed by atoms with Gasteiger partial charge in [0.2, 0.25) is 0 Å². The van der Waals surface area contributed by atoms with Crippen LogP contribution in [0.25, 0.3) is 0 Å². The van der Waals surface area contributed by atoms with Gasteiger partial charge >= 0.3 is 0 Å². The van der Waals surface area contributed by atoms with E-state index in [2.05, 4.69) is 33.1 Å². The Morgan fingerprint density at radius 2 is 2.39 bits per heavy atom. The van der Waals surface area contributed by atoms with Crippen molar-refractivity contribution in [3.05, 3.63) is 34.3 Å². The van der Waals surface area contributed by atoms with Gasteiger partial charge in [0.05, 0.1) is 0 Å². The minimum absolute atomic E-state index is 0.0132. The molecule has 18 heavy (non-hydrogen) atoms. The molecule has 1 fully saturated rings. The van der Waals surface area contributed by atoms with Crippen LogP contribution in [0.3, 0.4) is 0 Å². The van der Waals surface area contributed by atoms with Crippen molar-refractivity contribution in [1.82, 2.24) is 10.2 Å². The van der Waals surface area contributed by atoms with Crippen LogP contribution in [0.5, 0.6) is 0 Å². The van der Waals surface area contributed by atoms with Gasteiger partial charge in [-0.1, -0.05) is 28.9 Å². The van der Waals surface area contributed by atoms with E-state index in [4.69, 9.17) is 0 Å². The van der Waals surface area contributed by atoms with Crippen molar-refractivity contribution in [2.75, 3.05) is 19.6 Å². The Hall–Kier alpha value is -0.870. The standard InChI is InChI=1S/C14H19BrN2O/c1-2-17-8-4-7-13(17)10-16-14(18)11-5-3-6-12(15)9-11/h3,5-6,9,13H,2,4,7-8,10H2,1H3,(H,16,18)/t13-/m0/s1. The van der Waals surface area contributed by atoms with Crippen LogP contribution in [0.4, 0.5) is 0 Å². The summed E-state index contributed by atoms with van der Waals surface area (Å²) in [7, 11) is 0. The van der Waals surface area contributed by atoms with Gasteiger partial charge in [0.25, 0.3) is 5.91 Å². The number of rotatable bonds is 4. The molecule has 1 aliphatic rings. The summed E-state index contributed by atoms with van der Waals surface area (Å²) in [5.41, 5.74) is 0.713. The Balaban J connectivity index is 1.88. The van der Waals surface area contributed by atoms with E-state index >= 15 is 0 Å². The lowest BCUT2D eigenvalue weighted by atomic mass is 10.2. The van der Waals surface area contributed by atoms with E-state index < -0.39 is 0 Å². The second-order valence-corrected chi connectivity index (χ2v) is 5.56. The molecule has 1 aromatic carbocycles. The highest BCUT2D eigenvalue weighted by Crippen LogP contribution is 2.16. The summed E-state index contributed by atoms with van der Waals surface area (Å²) in [6.45, 7) is 5.15.